The molecule has 5 heteroatoms. The number of carbonyl (C=O) groups is 1. The first-order valence-corrected chi connectivity index (χ1v) is 6.91. The Labute approximate surface area is 128 Å². The van der Waals surface area contributed by atoms with Gasteiger partial charge in [0.25, 0.3) is 5.91 Å². The van der Waals surface area contributed by atoms with Crippen LogP contribution in [0.15, 0.2) is 48.5 Å². The number of amides is 1. The lowest BCUT2D eigenvalue weighted by atomic mass is 10.1. The van der Waals surface area contributed by atoms with Gasteiger partial charge in [0.1, 0.15) is 5.75 Å². The van der Waals surface area contributed by atoms with Gasteiger partial charge < -0.3 is 14.8 Å². The molecule has 0 aliphatic rings. The fourth-order valence-electron chi connectivity index (χ4n) is 2.09. The van der Waals surface area contributed by atoms with Crippen LogP contribution in [0.2, 0.25) is 0 Å². The van der Waals surface area contributed by atoms with E-state index in [0.717, 1.165) is 5.56 Å². The molecule has 0 radical (unpaired) electrons. The van der Waals surface area contributed by atoms with Crippen LogP contribution in [-0.2, 0) is 4.79 Å². The molecule has 2 rings (SSSR count). The summed E-state index contributed by atoms with van der Waals surface area (Å²) >= 11 is 0. The van der Waals surface area contributed by atoms with Crippen molar-refractivity contribution in [3.63, 3.8) is 0 Å². The summed E-state index contributed by atoms with van der Waals surface area (Å²) in [6.07, 6.45) is 0. The molecule has 0 heterocycles. The van der Waals surface area contributed by atoms with Crippen LogP contribution in [-0.4, -0.2) is 19.6 Å². The van der Waals surface area contributed by atoms with Crippen molar-refractivity contribution in [2.24, 2.45) is 0 Å². The van der Waals surface area contributed by atoms with Crippen LogP contribution in [0.5, 0.6) is 11.5 Å². The van der Waals surface area contributed by atoms with Crippen LogP contribution in [0.1, 0.15) is 18.5 Å². The summed E-state index contributed by atoms with van der Waals surface area (Å²) in [6, 6.07) is 13.2. The van der Waals surface area contributed by atoms with Crippen molar-refractivity contribution in [1.82, 2.24) is 5.32 Å². The lowest BCUT2D eigenvalue weighted by molar-refractivity contribution is -0.123. The van der Waals surface area contributed by atoms with Crippen molar-refractivity contribution < 1.29 is 18.7 Å². The zero-order valence-corrected chi connectivity index (χ0v) is 12.5. The minimum absolute atomic E-state index is 0.0580. The maximum Gasteiger partial charge on any atom is 0.258 e. The number of ether oxygens (including phenoxy) is 2. The highest BCUT2D eigenvalue weighted by Gasteiger charge is 2.14. The minimum Gasteiger partial charge on any atom is -0.496 e. The Morgan fingerprint density at radius 2 is 1.77 bits per heavy atom. The van der Waals surface area contributed by atoms with E-state index in [1.165, 1.54) is 12.1 Å². The number of hydrogen-bond acceptors (Lipinski definition) is 3. The van der Waals surface area contributed by atoms with Crippen LogP contribution in [0.25, 0.3) is 0 Å². The average Bonchev–Trinajstić information content (AvgIpc) is 2.54. The smallest absolute Gasteiger partial charge is 0.258 e. The molecule has 0 spiro atoms. The largest absolute Gasteiger partial charge is 0.496 e. The Hall–Kier alpha value is -2.56. The third kappa shape index (κ3) is 3.97. The molecule has 1 amide bonds. The van der Waals surface area contributed by atoms with Gasteiger partial charge in [0.05, 0.1) is 13.2 Å². The van der Waals surface area contributed by atoms with Crippen LogP contribution >= 0.6 is 0 Å². The number of carbonyl (C=O) groups excluding carboxylic acids is 1. The molecule has 0 bridgehead atoms. The molecule has 0 saturated carbocycles. The lowest BCUT2D eigenvalue weighted by Gasteiger charge is -2.17. The summed E-state index contributed by atoms with van der Waals surface area (Å²) in [7, 11) is 1.58. The number of halogens is 1. The summed E-state index contributed by atoms with van der Waals surface area (Å²) in [5.41, 5.74) is 0.865. The van der Waals surface area contributed by atoms with E-state index in [9.17, 15) is 9.18 Å². The second-order valence-electron chi connectivity index (χ2n) is 4.75. The highest BCUT2D eigenvalue weighted by molar-refractivity contribution is 5.78. The molecule has 0 saturated heterocycles. The Morgan fingerprint density at radius 3 is 2.45 bits per heavy atom. The standard InChI is InChI=1S/C17H18FNO3/c1-12(13-7-3-5-9-15(13)21-2)19-17(20)11-22-16-10-6-4-8-14(16)18/h3-10,12H,11H2,1-2H3,(H,19,20)/t12-/m0/s1. The van der Waals surface area contributed by atoms with Crippen molar-refractivity contribution >= 4 is 5.91 Å². The van der Waals surface area contributed by atoms with E-state index < -0.39 is 5.82 Å². The number of rotatable bonds is 6. The summed E-state index contributed by atoms with van der Waals surface area (Å²) in [4.78, 5) is 11.9. The average molecular weight is 303 g/mol. The summed E-state index contributed by atoms with van der Waals surface area (Å²) in [6.45, 7) is 1.60. The summed E-state index contributed by atoms with van der Waals surface area (Å²) in [5.74, 6) is -0.0670. The molecule has 0 aromatic heterocycles. The van der Waals surface area contributed by atoms with E-state index in [0.29, 0.717) is 5.75 Å². The highest BCUT2D eigenvalue weighted by atomic mass is 19.1. The predicted molar refractivity (Wildman–Crippen MR) is 81.4 cm³/mol. The molecule has 22 heavy (non-hydrogen) atoms. The summed E-state index contributed by atoms with van der Waals surface area (Å²) in [5, 5.41) is 2.79. The first kappa shape index (κ1) is 15.8. The van der Waals surface area contributed by atoms with E-state index in [1.54, 1.807) is 19.2 Å². The maximum absolute atomic E-state index is 13.4. The van der Waals surface area contributed by atoms with Gasteiger partial charge in [0.2, 0.25) is 0 Å². The van der Waals surface area contributed by atoms with Crippen LogP contribution in [0.3, 0.4) is 0 Å². The monoisotopic (exact) mass is 303 g/mol. The normalized spacial score (nSPS) is 11.6. The van der Waals surface area contributed by atoms with Crippen molar-refractivity contribution in [1.29, 1.82) is 0 Å². The Bertz CT molecular complexity index is 645. The molecule has 0 aliphatic heterocycles. The van der Waals surface area contributed by atoms with E-state index >= 15 is 0 Å². The van der Waals surface area contributed by atoms with Gasteiger partial charge in [-0.2, -0.15) is 0 Å². The molecule has 4 nitrogen and oxygen atoms in total. The van der Waals surface area contributed by atoms with E-state index in [1.807, 2.05) is 31.2 Å². The number of para-hydroxylation sites is 2. The van der Waals surface area contributed by atoms with Gasteiger partial charge in [-0.25, -0.2) is 4.39 Å². The van der Waals surface area contributed by atoms with Crippen LogP contribution < -0.4 is 14.8 Å². The number of hydrogen-bond donors (Lipinski definition) is 1. The van der Waals surface area contributed by atoms with Gasteiger partial charge in [-0.15, -0.1) is 0 Å². The van der Waals surface area contributed by atoms with Gasteiger partial charge in [-0.3, -0.25) is 4.79 Å². The number of benzene rings is 2. The van der Waals surface area contributed by atoms with Gasteiger partial charge in [-0.05, 0) is 25.1 Å². The molecular formula is C17H18FNO3. The fraction of sp³-hybridized carbons (Fsp3) is 0.235. The Kier molecular flexibility index (Phi) is 5.36. The Balaban J connectivity index is 1.93. The van der Waals surface area contributed by atoms with E-state index in [4.69, 9.17) is 9.47 Å². The highest BCUT2D eigenvalue weighted by Crippen LogP contribution is 2.24. The zero-order chi connectivity index (χ0) is 15.9. The Morgan fingerprint density at radius 1 is 1.14 bits per heavy atom. The summed E-state index contributed by atoms with van der Waals surface area (Å²) < 4.78 is 23.8. The van der Waals surface area contributed by atoms with E-state index in [2.05, 4.69) is 5.32 Å². The van der Waals surface area contributed by atoms with Gasteiger partial charge in [-0.1, -0.05) is 30.3 Å². The van der Waals surface area contributed by atoms with Crippen LogP contribution in [0.4, 0.5) is 4.39 Å². The quantitative estimate of drug-likeness (QED) is 0.892. The second-order valence-corrected chi connectivity index (χ2v) is 4.75. The number of nitrogens with one attached hydrogen (secondary N) is 1. The topological polar surface area (TPSA) is 47.6 Å². The number of methoxy groups -OCH3 is 1. The predicted octanol–water partition coefficient (Wildman–Crippen LogP) is 3.09. The van der Waals surface area contributed by atoms with Gasteiger partial charge >= 0.3 is 0 Å². The van der Waals surface area contributed by atoms with E-state index in [-0.39, 0.29) is 24.3 Å². The fourth-order valence-corrected chi connectivity index (χ4v) is 2.09. The first-order valence-electron chi connectivity index (χ1n) is 6.91. The lowest BCUT2D eigenvalue weighted by Crippen LogP contribution is -2.31. The second kappa shape index (κ2) is 7.45. The zero-order valence-electron chi connectivity index (χ0n) is 12.5. The van der Waals surface area contributed by atoms with Crippen LogP contribution in [0, 0.1) is 5.82 Å². The maximum atomic E-state index is 13.4. The minimum atomic E-state index is -0.493. The molecule has 1 atom stereocenters. The van der Waals surface area contributed by atoms with Crippen molar-refractivity contribution in [2.75, 3.05) is 13.7 Å². The molecule has 2 aromatic rings. The SMILES string of the molecule is COc1ccccc1[C@H](C)NC(=O)COc1ccccc1F. The molecule has 0 aliphatic carbocycles. The van der Waals surface area contributed by atoms with Crippen molar-refractivity contribution in [2.45, 2.75) is 13.0 Å². The first-order chi connectivity index (χ1) is 10.6. The third-order valence-electron chi connectivity index (χ3n) is 3.18. The molecule has 0 fully saturated rings. The molecular weight excluding hydrogens is 285 g/mol. The van der Waals surface area contributed by atoms with Crippen molar-refractivity contribution in [3.05, 3.63) is 59.9 Å². The molecule has 116 valence electrons. The molecule has 1 N–H and O–H groups in total. The molecule has 2 aromatic carbocycles. The molecule has 0 unspecified atom stereocenters. The third-order valence-corrected chi connectivity index (χ3v) is 3.18. The van der Waals surface area contributed by atoms with Gasteiger partial charge in [0, 0.05) is 5.56 Å². The van der Waals surface area contributed by atoms with Crippen molar-refractivity contribution in [3.8, 4) is 11.5 Å². The van der Waals surface area contributed by atoms with Gasteiger partial charge in [0.15, 0.2) is 18.2 Å².